The van der Waals surface area contributed by atoms with Gasteiger partial charge in [0.15, 0.2) is 6.29 Å². The van der Waals surface area contributed by atoms with E-state index in [9.17, 15) is 4.79 Å². The van der Waals surface area contributed by atoms with Gasteiger partial charge in [0, 0.05) is 6.42 Å². The van der Waals surface area contributed by atoms with Crippen molar-refractivity contribution in [1.29, 1.82) is 0 Å². The average Bonchev–Trinajstić information content (AvgIpc) is 2.86. The monoisotopic (exact) mass is 266 g/mol. The van der Waals surface area contributed by atoms with Gasteiger partial charge in [0.05, 0.1) is 33.4 Å². The summed E-state index contributed by atoms with van der Waals surface area (Å²) in [5.41, 5.74) is 1.10. The molecule has 1 heterocycles. The molecule has 104 valence electrons. The fraction of sp³-hybridized carbons (Fsp3) is 0.500. The third kappa shape index (κ3) is 3.94. The van der Waals surface area contributed by atoms with Crippen molar-refractivity contribution in [3.63, 3.8) is 0 Å². The molecule has 5 nitrogen and oxygen atoms in total. The fourth-order valence-electron chi connectivity index (χ4n) is 1.95. The molecule has 0 radical (unpaired) electrons. The Morgan fingerprint density at radius 3 is 2.68 bits per heavy atom. The lowest BCUT2D eigenvalue weighted by Gasteiger charge is -2.11. The number of hydrogen-bond donors (Lipinski definition) is 0. The molecule has 0 saturated carbocycles. The molecular formula is C14H18O5. The summed E-state index contributed by atoms with van der Waals surface area (Å²) >= 11 is 0. The van der Waals surface area contributed by atoms with Crippen molar-refractivity contribution in [3.05, 3.63) is 29.8 Å². The molecule has 19 heavy (non-hydrogen) atoms. The van der Waals surface area contributed by atoms with Crippen LogP contribution in [0.2, 0.25) is 0 Å². The lowest BCUT2D eigenvalue weighted by Crippen LogP contribution is -2.18. The summed E-state index contributed by atoms with van der Waals surface area (Å²) in [4.78, 5) is 11.1. The predicted octanol–water partition coefficient (Wildman–Crippen LogP) is 1.54. The highest BCUT2D eigenvalue weighted by Gasteiger charge is 2.28. The van der Waals surface area contributed by atoms with Gasteiger partial charge in [-0.3, -0.25) is 4.79 Å². The quantitative estimate of drug-likeness (QED) is 0.757. The lowest BCUT2D eigenvalue weighted by molar-refractivity contribution is -0.143. The summed E-state index contributed by atoms with van der Waals surface area (Å²) in [6.07, 6.45) is 0.371. The largest absolute Gasteiger partial charge is 0.497 e. The van der Waals surface area contributed by atoms with E-state index in [4.69, 9.17) is 14.2 Å². The van der Waals surface area contributed by atoms with Gasteiger partial charge >= 0.3 is 5.97 Å². The number of benzene rings is 1. The molecule has 0 aromatic heterocycles. The van der Waals surface area contributed by atoms with Crippen molar-refractivity contribution in [3.8, 4) is 5.75 Å². The molecule has 0 spiro atoms. The second-order valence-corrected chi connectivity index (χ2v) is 4.35. The summed E-state index contributed by atoms with van der Waals surface area (Å²) < 4.78 is 20.9. The smallest absolute Gasteiger partial charge is 0.308 e. The first kappa shape index (κ1) is 13.8. The summed E-state index contributed by atoms with van der Waals surface area (Å²) in [5.74, 6) is 0.541. The molecule has 1 saturated heterocycles. The summed E-state index contributed by atoms with van der Waals surface area (Å²) in [6.45, 7) is 0.427. The van der Waals surface area contributed by atoms with Crippen molar-refractivity contribution in [2.75, 3.05) is 20.8 Å². The summed E-state index contributed by atoms with van der Waals surface area (Å²) in [5, 5.41) is 0. The van der Waals surface area contributed by atoms with Crippen LogP contribution in [0.5, 0.6) is 5.75 Å². The Bertz CT molecular complexity index is 414. The first-order valence-electron chi connectivity index (χ1n) is 6.18. The first-order chi connectivity index (χ1) is 9.21. The molecular weight excluding hydrogens is 248 g/mol. The maximum absolute atomic E-state index is 11.1. The Kier molecular flexibility index (Phi) is 4.76. The highest BCUT2D eigenvalue weighted by atomic mass is 16.7. The second kappa shape index (κ2) is 6.54. The minimum absolute atomic E-state index is 0.212. The second-order valence-electron chi connectivity index (χ2n) is 4.35. The van der Waals surface area contributed by atoms with Crippen LogP contribution in [0.4, 0.5) is 0 Å². The van der Waals surface area contributed by atoms with Crippen molar-refractivity contribution < 1.29 is 23.7 Å². The number of carbonyl (C=O) groups excluding carboxylic acids is 1. The SMILES string of the molecule is COC(=O)CC1COC(Cc2ccc(OC)cc2)O1. The van der Waals surface area contributed by atoms with Crippen LogP contribution in [0, 0.1) is 0 Å². The lowest BCUT2D eigenvalue weighted by atomic mass is 10.1. The summed E-state index contributed by atoms with van der Waals surface area (Å²) in [7, 11) is 3.00. The van der Waals surface area contributed by atoms with Gasteiger partial charge in [-0.1, -0.05) is 12.1 Å². The molecule has 1 aromatic rings. The zero-order valence-corrected chi connectivity index (χ0v) is 11.1. The normalized spacial score (nSPS) is 22.2. The Balaban J connectivity index is 1.82. The standard InChI is InChI=1S/C14H18O5/c1-16-11-5-3-10(4-6-11)7-14-18-9-12(19-14)8-13(15)17-2/h3-6,12,14H,7-9H2,1-2H3. The fourth-order valence-corrected chi connectivity index (χ4v) is 1.95. The molecule has 5 heteroatoms. The molecule has 2 rings (SSSR count). The average molecular weight is 266 g/mol. The van der Waals surface area contributed by atoms with E-state index in [1.807, 2.05) is 24.3 Å². The molecule has 0 N–H and O–H groups in total. The van der Waals surface area contributed by atoms with Crippen LogP contribution in [0.3, 0.4) is 0 Å². The summed E-state index contributed by atoms with van der Waals surface area (Å²) in [6, 6.07) is 7.74. The Morgan fingerprint density at radius 2 is 2.05 bits per heavy atom. The van der Waals surface area contributed by atoms with E-state index in [2.05, 4.69) is 4.74 Å². The van der Waals surface area contributed by atoms with E-state index >= 15 is 0 Å². The first-order valence-corrected chi connectivity index (χ1v) is 6.18. The van der Waals surface area contributed by atoms with Gasteiger partial charge in [-0.05, 0) is 17.7 Å². The number of esters is 1. The molecule has 0 amide bonds. The van der Waals surface area contributed by atoms with Crippen LogP contribution in [0.25, 0.3) is 0 Å². The van der Waals surface area contributed by atoms with Gasteiger partial charge in [0.1, 0.15) is 5.75 Å². The van der Waals surface area contributed by atoms with E-state index in [0.29, 0.717) is 13.0 Å². The van der Waals surface area contributed by atoms with Gasteiger partial charge in [0.2, 0.25) is 0 Å². The molecule has 1 aromatic carbocycles. The van der Waals surface area contributed by atoms with Gasteiger partial charge < -0.3 is 18.9 Å². The van der Waals surface area contributed by atoms with Crippen molar-refractivity contribution in [2.24, 2.45) is 0 Å². The Hall–Kier alpha value is -1.59. The van der Waals surface area contributed by atoms with Crippen LogP contribution in [0.1, 0.15) is 12.0 Å². The van der Waals surface area contributed by atoms with Gasteiger partial charge in [0.25, 0.3) is 0 Å². The topological polar surface area (TPSA) is 54.0 Å². The Labute approximate surface area is 112 Å². The third-order valence-electron chi connectivity index (χ3n) is 3.00. The minimum Gasteiger partial charge on any atom is -0.497 e. The van der Waals surface area contributed by atoms with E-state index in [-0.39, 0.29) is 24.8 Å². The highest BCUT2D eigenvalue weighted by molar-refractivity contribution is 5.69. The molecule has 2 unspecified atom stereocenters. The van der Waals surface area contributed by atoms with Crippen LogP contribution in [0.15, 0.2) is 24.3 Å². The number of methoxy groups -OCH3 is 2. The van der Waals surface area contributed by atoms with Crippen LogP contribution in [-0.4, -0.2) is 39.2 Å². The van der Waals surface area contributed by atoms with Crippen molar-refractivity contribution in [1.82, 2.24) is 0 Å². The number of rotatable bonds is 5. The zero-order chi connectivity index (χ0) is 13.7. The number of ether oxygens (including phenoxy) is 4. The molecule has 0 aliphatic carbocycles. The van der Waals surface area contributed by atoms with E-state index in [1.165, 1.54) is 7.11 Å². The number of hydrogen-bond acceptors (Lipinski definition) is 5. The minimum atomic E-state index is -0.303. The predicted molar refractivity (Wildman–Crippen MR) is 67.9 cm³/mol. The van der Waals surface area contributed by atoms with E-state index < -0.39 is 0 Å². The molecule has 1 aliphatic heterocycles. The molecule has 1 fully saturated rings. The zero-order valence-electron chi connectivity index (χ0n) is 11.1. The molecule has 0 bridgehead atoms. The van der Waals surface area contributed by atoms with E-state index in [1.54, 1.807) is 7.11 Å². The van der Waals surface area contributed by atoms with Crippen LogP contribution in [-0.2, 0) is 25.4 Å². The van der Waals surface area contributed by atoms with Gasteiger partial charge in [-0.15, -0.1) is 0 Å². The van der Waals surface area contributed by atoms with Gasteiger partial charge in [-0.25, -0.2) is 0 Å². The third-order valence-corrected chi connectivity index (χ3v) is 3.00. The highest BCUT2D eigenvalue weighted by Crippen LogP contribution is 2.20. The van der Waals surface area contributed by atoms with Gasteiger partial charge in [-0.2, -0.15) is 0 Å². The van der Waals surface area contributed by atoms with Crippen LogP contribution < -0.4 is 4.74 Å². The molecule has 2 atom stereocenters. The van der Waals surface area contributed by atoms with Crippen LogP contribution >= 0.6 is 0 Å². The van der Waals surface area contributed by atoms with Crippen molar-refractivity contribution in [2.45, 2.75) is 25.2 Å². The Morgan fingerprint density at radius 1 is 1.32 bits per heavy atom. The number of carbonyl (C=O) groups is 1. The van der Waals surface area contributed by atoms with Crippen molar-refractivity contribution >= 4 is 5.97 Å². The maximum Gasteiger partial charge on any atom is 0.308 e. The molecule has 1 aliphatic rings. The maximum atomic E-state index is 11.1. The van der Waals surface area contributed by atoms with E-state index in [0.717, 1.165) is 11.3 Å².